The third-order valence-corrected chi connectivity index (χ3v) is 4.24. The summed E-state index contributed by atoms with van der Waals surface area (Å²) in [4.78, 5) is 36.6. The fourth-order valence-electron chi connectivity index (χ4n) is 2.72. The van der Waals surface area contributed by atoms with Crippen LogP contribution >= 0.6 is 0 Å². The molecule has 0 N–H and O–H groups in total. The van der Waals surface area contributed by atoms with Gasteiger partial charge >= 0.3 is 5.97 Å². The van der Waals surface area contributed by atoms with Crippen LogP contribution in [0.2, 0.25) is 0 Å². The highest BCUT2D eigenvalue weighted by molar-refractivity contribution is 6.09. The average Bonchev–Trinajstić information content (AvgIpc) is 2.78. The Morgan fingerprint density at radius 1 is 0.724 bits per heavy atom. The minimum absolute atomic E-state index is 0.0928. The number of esters is 1. The van der Waals surface area contributed by atoms with Gasteiger partial charge in [0.1, 0.15) is 5.75 Å². The smallest absolute Gasteiger partial charge is 0.344 e. The van der Waals surface area contributed by atoms with Crippen LogP contribution in [0.3, 0.4) is 0 Å². The van der Waals surface area contributed by atoms with Crippen molar-refractivity contribution in [3.05, 3.63) is 102 Å². The summed E-state index contributed by atoms with van der Waals surface area (Å²) in [7, 11) is 0. The predicted octanol–water partition coefficient (Wildman–Crippen LogP) is 4.11. The van der Waals surface area contributed by atoms with E-state index in [4.69, 9.17) is 9.47 Å². The second-order valence-corrected chi connectivity index (χ2v) is 6.37. The van der Waals surface area contributed by atoms with Crippen molar-refractivity contribution < 1.29 is 23.9 Å². The van der Waals surface area contributed by atoms with E-state index < -0.39 is 12.1 Å². The molecular weight excluding hydrogens is 368 g/mol. The largest absolute Gasteiger partial charge is 0.482 e. The van der Waals surface area contributed by atoms with Crippen LogP contribution in [0.15, 0.2) is 84.9 Å². The molecule has 0 bridgehead atoms. The highest BCUT2D eigenvalue weighted by atomic mass is 16.6. The summed E-state index contributed by atoms with van der Waals surface area (Å²) < 4.78 is 10.5. The fourth-order valence-corrected chi connectivity index (χ4v) is 2.72. The van der Waals surface area contributed by atoms with Crippen molar-refractivity contribution in [1.29, 1.82) is 0 Å². The van der Waals surface area contributed by atoms with E-state index in [0.717, 1.165) is 0 Å². The van der Waals surface area contributed by atoms with Gasteiger partial charge in [-0.2, -0.15) is 0 Å². The van der Waals surface area contributed by atoms with E-state index in [9.17, 15) is 14.4 Å². The van der Waals surface area contributed by atoms with Crippen molar-refractivity contribution in [1.82, 2.24) is 0 Å². The van der Waals surface area contributed by atoms with Crippen molar-refractivity contribution in [2.45, 2.75) is 13.0 Å². The molecule has 0 amide bonds. The van der Waals surface area contributed by atoms with Crippen LogP contribution in [-0.2, 0) is 9.53 Å². The highest BCUT2D eigenvalue weighted by Gasteiger charge is 2.19. The van der Waals surface area contributed by atoms with Gasteiger partial charge in [-0.05, 0) is 31.2 Å². The molecule has 146 valence electrons. The highest BCUT2D eigenvalue weighted by Crippen LogP contribution is 2.16. The Labute approximate surface area is 168 Å². The van der Waals surface area contributed by atoms with Gasteiger partial charge in [0, 0.05) is 16.7 Å². The predicted molar refractivity (Wildman–Crippen MR) is 108 cm³/mol. The Bertz CT molecular complexity index is 979. The van der Waals surface area contributed by atoms with Crippen molar-refractivity contribution in [3.63, 3.8) is 0 Å². The number of ketones is 2. The summed E-state index contributed by atoms with van der Waals surface area (Å²) in [6, 6.07) is 24.1. The monoisotopic (exact) mass is 388 g/mol. The number of rotatable bonds is 8. The molecule has 1 atom stereocenters. The van der Waals surface area contributed by atoms with Crippen molar-refractivity contribution in [2.24, 2.45) is 0 Å². The maximum Gasteiger partial charge on any atom is 0.344 e. The molecule has 0 aromatic heterocycles. The number of Topliss-reactive ketones (excluding diaryl/α,β-unsaturated/α-hetero) is 1. The molecule has 0 saturated heterocycles. The fraction of sp³-hybridized carbons (Fsp3) is 0.125. The van der Waals surface area contributed by atoms with Crippen LogP contribution in [0.5, 0.6) is 5.75 Å². The molecule has 0 fully saturated rings. The van der Waals surface area contributed by atoms with Crippen LogP contribution in [0.1, 0.15) is 33.2 Å². The maximum atomic E-state index is 12.4. The van der Waals surface area contributed by atoms with Gasteiger partial charge in [-0.25, -0.2) is 4.79 Å². The van der Waals surface area contributed by atoms with Crippen molar-refractivity contribution in [3.8, 4) is 5.75 Å². The zero-order valence-corrected chi connectivity index (χ0v) is 15.9. The Morgan fingerprint density at radius 2 is 1.24 bits per heavy atom. The maximum absolute atomic E-state index is 12.4. The third-order valence-electron chi connectivity index (χ3n) is 4.24. The van der Waals surface area contributed by atoms with Crippen LogP contribution in [-0.4, -0.2) is 30.2 Å². The van der Waals surface area contributed by atoms with Crippen LogP contribution in [0, 0.1) is 0 Å². The van der Waals surface area contributed by atoms with Crippen LogP contribution in [0.4, 0.5) is 0 Å². The second-order valence-electron chi connectivity index (χ2n) is 6.37. The SMILES string of the molecule is CC(OC(=O)COc1ccc(C(=O)c2ccccc2)cc1)C(=O)c1ccccc1. The minimum Gasteiger partial charge on any atom is -0.482 e. The molecule has 0 saturated carbocycles. The summed E-state index contributed by atoms with van der Waals surface area (Å²) in [5.41, 5.74) is 1.60. The Hall–Kier alpha value is -3.73. The van der Waals surface area contributed by atoms with E-state index in [-0.39, 0.29) is 18.2 Å². The normalized spacial score (nSPS) is 11.3. The molecule has 3 aromatic carbocycles. The Kier molecular flexibility index (Phi) is 6.53. The number of hydrogen-bond acceptors (Lipinski definition) is 5. The van der Waals surface area contributed by atoms with E-state index in [2.05, 4.69) is 0 Å². The van der Waals surface area contributed by atoms with Gasteiger partial charge in [-0.1, -0.05) is 60.7 Å². The van der Waals surface area contributed by atoms with Crippen molar-refractivity contribution in [2.75, 3.05) is 6.61 Å². The van der Waals surface area contributed by atoms with Gasteiger partial charge < -0.3 is 9.47 Å². The first-order valence-electron chi connectivity index (χ1n) is 9.16. The van der Waals surface area contributed by atoms with E-state index in [1.54, 1.807) is 78.9 Å². The van der Waals surface area contributed by atoms with E-state index >= 15 is 0 Å². The zero-order chi connectivity index (χ0) is 20.6. The first kappa shape index (κ1) is 20.0. The molecule has 5 heteroatoms. The van der Waals surface area contributed by atoms with Crippen LogP contribution < -0.4 is 4.74 Å². The first-order chi connectivity index (χ1) is 14.0. The molecular formula is C24H20O5. The molecule has 5 nitrogen and oxygen atoms in total. The van der Waals surface area contributed by atoms with Gasteiger partial charge in [-0.3, -0.25) is 9.59 Å². The molecule has 0 aliphatic rings. The number of carbonyl (C=O) groups is 3. The average molecular weight is 388 g/mol. The molecule has 0 heterocycles. The summed E-state index contributed by atoms with van der Waals surface area (Å²) in [6.45, 7) is 1.19. The molecule has 0 aliphatic carbocycles. The lowest BCUT2D eigenvalue weighted by Gasteiger charge is -2.13. The van der Waals surface area contributed by atoms with E-state index in [0.29, 0.717) is 22.4 Å². The Morgan fingerprint density at radius 3 is 1.83 bits per heavy atom. The molecule has 0 radical (unpaired) electrons. The second kappa shape index (κ2) is 9.46. The van der Waals surface area contributed by atoms with Crippen LogP contribution in [0.25, 0.3) is 0 Å². The summed E-state index contributed by atoms with van der Waals surface area (Å²) in [5, 5.41) is 0. The van der Waals surface area contributed by atoms with E-state index in [1.807, 2.05) is 6.07 Å². The Balaban J connectivity index is 1.51. The van der Waals surface area contributed by atoms with Crippen molar-refractivity contribution >= 4 is 17.5 Å². The van der Waals surface area contributed by atoms with Gasteiger partial charge in [0.15, 0.2) is 18.5 Å². The zero-order valence-electron chi connectivity index (χ0n) is 15.9. The third kappa shape index (κ3) is 5.39. The molecule has 29 heavy (non-hydrogen) atoms. The number of carbonyl (C=O) groups excluding carboxylic acids is 3. The van der Waals surface area contributed by atoms with Gasteiger partial charge in [0.25, 0.3) is 0 Å². The molecule has 3 rings (SSSR count). The number of hydrogen-bond donors (Lipinski definition) is 0. The molecule has 0 aliphatic heterocycles. The van der Waals surface area contributed by atoms with E-state index in [1.165, 1.54) is 6.92 Å². The molecule has 3 aromatic rings. The molecule has 0 spiro atoms. The topological polar surface area (TPSA) is 69.7 Å². The molecule has 1 unspecified atom stereocenters. The van der Waals surface area contributed by atoms with Gasteiger partial charge in [-0.15, -0.1) is 0 Å². The summed E-state index contributed by atoms with van der Waals surface area (Å²) in [5.74, 6) is -0.590. The quantitative estimate of drug-likeness (QED) is 0.429. The van der Waals surface area contributed by atoms with Gasteiger partial charge in [0.2, 0.25) is 5.78 Å². The lowest BCUT2D eigenvalue weighted by Crippen LogP contribution is -2.27. The lowest BCUT2D eigenvalue weighted by atomic mass is 10.0. The number of benzene rings is 3. The van der Waals surface area contributed by atoms with Gasteiger partial charge in [0.05, 0.1) is 0 Å². The minimum atomic E-state index is -0.903. The lowest BCUT2D eigenvalue weighted by molar-refractivity contribution is -0.148. The standard InChI is InChI=1S/C24H20O5/c1-17(23(26)18-8-4-2-5-9-18)29-22(25)16-28-21-14-12-20(13-15-21)24(27)19-10-6-3-7-11-19/h2-15,17H,16H2,1H3. The summed E-state index contributed by atoms with van der Waals surface area (Å²) in [6.07, 6.45) is -0.903. The first-order valence-corrected chi connectivity index (χ1v) is 9.16. The number of ether oxygens (including phenoxy) is 2. The summed E-state index contributed by atoms with van der Waals surface area (Å²) >= 11 is 0.